The van der Waals surface area contributed by atoms with Gasteiger partial charge in [0.25, 0.3) is 5.91 Å². The third-order valence-corrected chi connectivity index (χ3v) is 6.72. The van der Waals surface area contributed by atoms with E-state index in [1.54, 1.807) is 11.3 Å². The quantitative estimate of drug-likeness (QED) is 0.757. The second-order valence-electron chi connectivity index (χ2n) is 7.75. The van der Waals surface area contributed by atoms with Gasteiger partial charge in [-0.1, -0.05) is 19.3 Å². The molecule has 0 bridgehead atoms. The van der Waals surface area contributed by atoms with Crippen LogP contribution >= 0.6 is 11.3 Å². The maximum Gasteiger partial charge on any atom is 0.344 e. The highest BCUT2D eigenvalue weighted by Gasteiger charge is 2.52. The third-order valence-electron chi connectivity index (χ3n) is 6.02. The molecule has 4 amide bonds. The fourth-order valence-corrected chi connectivity index (χ4v) is 5.28. The van der Waals surface area contributed by atoms with E-state index in [1.165, 1.54) is 5.56 Å². The summed E-state index contributed by atoms with van der Waals surface area (Å²) in [6.07, 6.45) is 6.73. The van der Waals surface area contributed by atoms with Crippen LogP contribution in [0.5, 0.6) is 0 Å². The molecule has 0 radical (unpaired) electrons. The minimum absolute atomic E-state index is 0.269. The average molecular weight is 391 g/mol. The molecule has 2 N–H and O–H groups in total. The predicted octanol–water partition coefficient (Wildman–Crippen LogP) is 2.56. The number of rotatable bonds is 5. The number of urea groups is 1. The number of carbonyl (C=O) groups excluding carboxylic acids is 3. The maximum atomic E-state index is 12.7. The van der Waals surface area contributed by atoms with Gasteiger partial charge in [0.15, 0.2) is 0 Å². The van der Waals surface area contributed by atoms with Crippen molar-refractivity contribution in [3.8, 4) is 0 Å². The monoisotopic (exact) mass is 390 g/mol. The largest absolute Gasteiger partial charge is 0.344 e. The van der Waals surface area contributed by atoms with Crippen LogP contribution in [0.4, 0.5) is 4.79 Å². The molecule has 1 spiro atoms. The summed E-state index contributed by atoms with van der Waals surface area (Å²) in [6, 6.07) is 2.00. The summed E-state index contributed by atoms with van der Waals surface area (Å²) in [4.78, 5) is 39.7. The van der Waals surface area contributed by atoms with Crippen LogP contribution in [-0.4, -0.2) is 46.4 Å². The van der Waals surface area contributed by atoms with E-state index in [2.05, 4.69) is 32.5 Å². The van der Waals surface area contributed by atoms with Crippen molar-refractivity contribution in [3.63, 3.8) is 0 Å². The Balaban J connectivity index is 1.32. The Morgan fingerprint density at radius 2 is 2.07 bits per heavy atom. The first-order chi connectivity index (χ1) is 13.1. The van der Waals surface area contributed by atoms with E-state index >= 15 is 0 Å². The number of nitrogens with zero attached hydrogens (tertiary/aromatic N) is 2. The zero-order valence-electron chi connectivity index (χ0n) is 15.4. The molecule has 1 atom stereocenters. The number of thiophene rings is 1. The van der Waals surface area contributed by atoms with Gasteiger partial charge in [-0.05, 0) is 54.6 Å². The van der Waals surface area contributed by atoms with E-state index in [0.717, 1.165) is 43.7 Å². The van der Waals surface area contributed by atoms with Crippen LogP contribution in [0.25, 0.3) is 0 Å². The summed E-state index contributed by atoms with van der Waals surface area (Å²) in [6.45, 7) is 1.60. The fraction of sp³-hybridized carbons (Fsp3) is 0.632. The average Bonchev–Trinajstić information content (AvgIpc) is 3.38. The van der Waals surface area contributed by atoms with Crippen molar-refractivity contribution < 1.29 is 14.4 Å². The van der Waals surface area contributed by atoms with Gasteiger partial charge in [-0.3, -0.25) is 19.9 Å². The molecule has 146 valence electrons. The lowest BCUT2D eigenvalue weighted by Gasteiger charge is -2.30. The molecule has 1 unspecified atom stereocenters. The lowest BCUT2D eigenvalue weighted by Crippen LogP contribution is -2.51. The van der Waals surface area contributed by atoms with Crippen molar-refractivity contribution in [2.75, 3.05) is 13.1 Å². The highest BCUT2D eigenvalue weighted by molar-refractivity contribution is 7.07. The Morgan fingerprint density at radius 1 is 1.26 bits per heavy atom. The van der Waals surface area contributed by atoms with Gasteiger partial charge in [0.05, 0.1) is 0 Å². The van der Waals surface area contributed by atoms with Crippen molar-refractivity contribution in [1.29, 1.82) is 0 Å². The summed E-state index contributed by atoms with van der Waals surface area (Å²) >= 11 is 1.69. The fourth-order valence-electron chi connectivity index (χ4n) is 4.58. The zero-order chi connectivity index (χ0) is 18.9. The lowest BCUT2D eigenvalue weighted by molar-refractivity contribution is -0.140. The lowest BCUT2D eigenvalue weighted by atomic mass is 9.82. The van der Waals surface area contributed by atoms with Gasteiger partial charge < -0.3 is 5.32 Å². The number of likely N-dealkylation sites (tertiary alicyclic amines) is 1. The van der Waals surface area contributed by atoms with Gasteiger partial charge in [-0.2, -0.15) is 16.3 Å². The Morgan fingerprint density at radius 3 is 2.81 bits per heavy atom. The number of amides is 4. The maximum absolute atomic E-state index is 12.7. The predicted molar refractivity (Wildman–Crippen MR) is 102 cm³/mol. The van der Waals surface area contributed by atoms with Crippen LogP contribution in [0.2, 0.25) is 0 Å². The molecule has 2 aliphatic heterocycles. The Labute approximate surface area is 163 Å². The number of carbonyl (C=O) groups is 3. The molecule has 1 saturated carbocycles. The standard InChI is InChI=1S/C19H26N4O3S/c24-16(6-11-22-10-4-5-15(22)14-7-12-27-13-14)21-23-17(25)19(20-18(23)26)8-2-1-3-9-19/h7,12-13,15H,1-6,8-11H2,(H,20,26)(H,21,24). The summed E-state index contributed by atoms with van der Waals surface area (Å²) < 4.78 is 0. The van der Waals surface area contributed by atoms with Crippen molar-refractivity contribution in [1.82, 2.24) is 20.7 Å². The normalized spacial score (nSPS) is 25.2. The van der Waals surface area contributed by atoms with E-state index in [0.29, 0.717) is 25.4 Å². The Kier molecular flexibility index (Phi) is 5.19. The molecule has 3 fully saturated rings. The minimum atomic E-state index is -0.804. The van der Waals surface area contributed by atoms with Gasteiger partial charge in [-0.15, -0.1) is 0 Å². The molecular weight excluding hydrogens is 364 g/mol. The SMILES string of the molecule is O=C(CCN1CCCC1c1ccsc1)NN1C(=O)NC2(CCCCC2)C1=O. The van der Waals surface area contributed by atoms with Crippen molar-refractivity contribution in [2.45, 2.75) is 62.9 Å². The van der Waals surface area contributed by atoms with Crippen molar-refractivity contribution in [3.05, 3.63) is 22.4 Å². The highest BCUT2D eigenvalue weighted by Crippen LogP contribution is 2.34. The van der Waals surface area contributed by atoms with Gasteiger partial charge in [0.1, 0.15) is 5.54 Å². The van der Waals surface area contributed by atoms with E-state index in [9.17, 15) is 14.4 Å². The molecule has 3 aliphatic rings. The molecule has 3 heterocycles. The second kappa shape index (κ2) is 7.59. The summed E-state index contributed by atoms with van der Waals surface area (Å²) in [7, 11) is 0. The number of hydrogen-bond acceptors (Lipinski definition) is 5. The van der Waals surface area contributed by atoms with Crippen LogP contribution in [0, 0.1) is 0 Å². The number of hydrogen-bond donors (Lipinski definition) is 2. The summed E-state index contributed by atoms with van der Waals surface area (Å²) in [5, 5.41) is 7.95. The van der Waals surface area contributed by atoms with E-state index in [1.807, 2.05) is 0 Å². The summed E-state index contributed by atoms with van der Waals surface area (Å²) in [5.74, 6) is -0.597. The van der Waals surface area contributed by atoms with Crippen LogP contribution < -0.4 is 10.7 Å². The molecule has 1 aromatic rings. The molecule has 1 aromatic heterocycles. The Bertz CT molecular complexity index is 715. The molecule has 8 heteroatoms. The van der Waals surface area contributed by atoms with Crippen molar-refractivity contribution in [2.24, 2.45) is 0 Å². The molecular formula is C19H26N4O3S. The molecule has 0 aromatic carbocycles. The molecule has 27 heavy (non-hydrogen) atoms. The van der Waals surface area contributed by atoms with Gasteiger partial charge in [-0.25, -0.2) is 4.79 Å². The second-order valence-corrected chi connectivity index (χ2v) is 8.53. The van der Waals surface area contributed by atoms with Crippen LogP contribution in [0.1, 0.15) is 63.0 Å². The van der Waals surface area contributed by atoms with Crippen LogP contribution in [0.15, 0.2) is 16.8 Å². The highest BCUT2D eigenvalue weighted by atomic mass is 32.1. The van der Waals surface area contributed by atoms with Gasteiger partial charge >= 0.3 is 6.03 Å². The van der Waals surface area contributed by atoms with Gasteiger partial charge in [0.2, 0.25) is 5.91 Å². The Hall–Kier alpha value is -1.93. The third kappa shape index (κ3) is 3.60. The molecule has 4 rings (SSSR count). The molecule has 7 nitrogen and oxygen atoms in total. The van der Waals surface area contributed by atoms with E-state index in [-0.39, 0.29) is 18.2 Å². The van der Waals surface area contributed by atoms with Gasteiger partial charge in [0, 0.05) is 19.0 Å². The number of nitrogens with one attached hydrogen (secondary N) is 2. The topological polar surface area (TPSA) is 81.8 Å². The summed E-state index contributed by atoms with van der Waals surface area (Å²) in [5.41, 5.74) is 3.04. The van der Waals surface area contributed by atoms with Crippen LogP contribution in [-0.2, 0) is 9.59 Å². The number of imide groups is 1. The van der Waals surface area contributed by atoms with E-state index in [4.69, 9.17) is 0 Å². The number of hydrazine groups is 1. The smallest absolute Gasteiger partial charge is 0.322 e. The zero-order valence-corrected chi connectivity index (χ0v) is 16.2. The minimum Gasteiger partial charge on any atom is -0.322 e. The first kappa shape index (κ1) is 18.4. The van der Waals surface area contributed by atoms with E-state index < -0.39 is 11.6 Å². The molecule has 1 aliphatic carbocycles. The first-order valence-corrected chi connectivity index (χ1v) is 10.8. The van der Waals surface area contributed by atoms with Crippen LogP contribution in [0.3, 0.4) is 0 Å². The molecule has 2 saturated heterocycles. The van der Waals surface area contributed by atoms with Crippen molar-refractivity contribution >= 4 is 29.2 Å². The first-order valence-electron chi connectivity index (χ1n) is 9.81.